The molecule has 2 aromatic rings. The molecule has 0 aliphatic carbocycles. The first kappa shape index (κ1) is 36.7. The van der Waals surface area contributed by atoms with E-state index in [0.717, 1.165) is 89.0 Å². The van der Waals surface area contributed by atoms with Gasteiger partial charge in [0, 0.05) is 40.8 Å². The fraction of sp³-hybridized carbons (Fsp3) is 0.429. The molecular weight excluding hydrogens is 654 g/mol. The lowest BCUT2D eigenvalue weighted by Gasteiger charge is -2.27. The quantitative estimate of drug-likeness (QED) is 0.0784. The molecule has 0 aromatic carbocycles. The Morgan fingerprint density at radius 2 is 1.58 bits per heavy atom. The van der Waals surface area contributed by atoms with Crippen LogP contribution in [-0.4, -0.2) is 62.6 Å². The van der Waals surface area contributed by atoms with E-state index in [1.165, 1.54) is 18.1 Å². The van der Waals surface area contributed by atoms with Gasteiger partial charge in [-0.15, -0.1) is 0 Å². The first-order valence-electron chi connectivity index (χ1n) is 18.6. The van der Waals surface area contributed by atoms with Crippen molar-refractivity contribution in [3.05, 3.63) is 74.6 Å². The molecule has 2 N–H and O–H groups in total. The molecule has 2 amide bonds. The van der Waals surface area contributed by atoms with Crippen molar-refractivity contribution in [2.75, 3.05) is 13.7 Å². The Morgan fingerprint density at radius 1 is 0.885 bits per heavy atom. The topological polar surface area (TPSA) is 138 Å². The predicted molar refractivity (Wildman–Crippen MR) is 205 cm³/mol. The number of amides is 2. The Labute approximate surface area is 305 Å². The van der Waals surface area contributed by atoms with Crippen LogP contribution in [0.25, 0.3) is 39.4 Å². The number of methoxy groups -OCH3 is 1. The number of rotatable bonds is 11. The van der Waals surface area contributed by atoms with E-state index in [-0.39, 0.29) is 24.8 Å². The number of nitrogens with one attached hydrogen (secondary N) is 2. The largest absolute Gasteiger partial charge is 0.469 e. The highest BCUT2D eigenvalue weighted by Crippen LogP contribution is 2.46. The lowest BCUT2D eigenvalue weighted by Crippen LogP contribution is -2.41. The number of aromatic amines is 2. The molecule has 0 spiro atoms. The van der Waals surface area contributed by atoms with Gasteiger partial charge in [0.2, 0.25) is 0 Å². The molecule has 0 radical (unpaired) electrons. The summed E-state index contributed by atoms with van der Waals surface area (Å²) < 4.78 is 5.17. The maximum Gasteiger partial charge on any atom is 0.306 e. The Balaban J connectivity index is 1.83. The number of nitrogens with zero attached hydrogens (tertiary/aromatic N) is 3. The summed E-state index contributed by atoms with van der Waals surface area (Å²) >= 11 is 0. The smallest absolute Gasteiger partial charge is 0.306 e. The van der Waals surface area contributed by atoms with Gasteiger partial charge in [0.05, 0.1) is 52.9 Å². The molecule has 52 heavy (non-hydrogen) atoms. The van der Waals surface area contributed by atoms with E-state index in [2.05, 4.69) is 37.7 Å². The van der Waals surface area contributed by atoms with Crippen molar-refractivity contribution < 1.29 is 23.9 Å². The fourth-order valence-corrected chi connectivity index (χ4v) is 8.20. The van der Waals surface area contributed by atoms with Crippen molar-refractivity contribution >= 4 is 63.5 Å². The maximum absolute atomic E-state index is 14.8. The minimum Gasteiger partial charge on any atom is -0.469 e. The zero-order valence-electron chi connectivity index (χ0n) is 31.6. The molecule has 8 bridgehead atoms. The lowest BCUT2D eigenvalue weighted by molar-refractivity contribution is -0.141. The van der Waals surface area contributed by atoms with Crippen LogP contribution in [0, 0.1) is 6.92 Å². The monoisotopic (exact) mass is 703 g/mol. The number of carbonyl (C=O) groups excluding carboxylic acids is 4. The number of carbonyl (C=O) groups is 4. The summed E-state index contributed by atoms with van der Waals surface area (Å²) in [7, 11) is 1.35. The van der Waals surface area contributed by atoms with Crippen LogP contribution in [0.5, 0.6) is 0 Å². The fourth-order valence-electron chi connectivity index (χ4n) is 8.20. The average molecular weight is 704 g/mol. The molecule has 0 unspecified atom stereocenters. The van der Waals surface area contributed by atoms with Crippen molar-refractivity contribution in [2.24, 2.45) is 0 Å². The number of aryl methyl sites for hydroxylation is 1. The summed E-state index contributed by atoms with van der Waals surface area (Å²) in [6, 6.07) is 4.02. The van der Waals surface area contributed by atoms with Crippen LogP contribution in [0.3, 0.4) is 0 Å². The third-order valence-electron chi connectivity index (χ3n) is 11.2. The van der Waals surface area contributed by atoms with E-state index < -0.39 is 17.8 Å². The molecule has 2 aromatic heterocycles. The minimum absolute atomic E-state index is 0.00484. The van der Waals surface area contributed by atoms with Gasteiger partial charge >= 0.3 is 5.97 Å². The van der Waals surface area contributed by atoms with Crippen LogP contribution in [0.4, 0.5) is 0 Å². The second-order valence-electron chi connectivity index (χ2n) is 14.1. The van der Waals surface area contributed by atoms with Gasteiger partial charge in [0.25, 0.3) is 11.8 Å². The Bertz CT molecular complexity index is 2160. The van der Waals surface area contributed by atoms with E-state index in [9.17, 15) is 19.2 Å². The van der Waals surface area contributed by atoms with Crippen LogP contribution in [0.1, 0.15) is 164 Å². The van der Waals surface area contributed by atoms with Gasteiger partial charge in [-0.25, -0.2) is 9.97 Å². The number of H-pyrrole nitrogens is 2. The average Bonchev–Trinajstić information content (AvgIpc) is 3.81. The molecule has 10 nitrogen and oxygen atoms in total. The number of fused-ring (bicyclic) bond motifs is 8. The van der Waals surface area contributed by atoms with Crippen LogP contribution >= 0.6 is 0 Å². The highest BCUT2D eigenvalue weighted by Gasteiger charge is 2.41. The van der Waals surface area contributed by atoms with E-state index in [0.29, 0.717) is 45.5 Å². The lowest BCUT2D eigenvalue weighted by atomic mass is 9.84. The molecule has 0 saturated carbocycles. The molecule has 0 fully saturated rings. The number of hydrogen-bond donors (Lipinski definition) is 2. The van der Waals surface area contributed by atoms with Crippen LogP contribution in [-0.2, 0) is 14.3 Å². The first-order chi connectivity index (χ1) is 25.0. The molecule has 4 aliphatic rings. The Hall–Kier alpha value is -5.12. The van der Waals surface area contributed by atoms with Crippen LogP contribution in [0.2, 0.25) is 0 Å². The summed E-state index contributed by atoms with van der Waals surface area (Å²) in [5.74, 6) is -1.99. The number of imide groups is 1. The van der Waals surface area contributed by atoms with Gasteiger partial charge in [0.15, 0.2) is 0 Å². The van der Waals surface area contributed by atoms with Gasteiger partial charge in [-0.2, -0.15) is 0 Å². The number of unbranched alkanes of at least 4 members (excludes halogenated alkanes) is 3. The van der Waals surface area contributed by atoms with Gasteiger partial charge in [-0.05, 0) is 92.2 Å². The first-order valence-corrected chi connectivity index (χ1v) is 18.6. The van der Waals surface area contributed by atoms with Crippen LogP contribution < -0.4 is 0 Å². The van der Waals surface area contributed by atoms with E-state index in [1.54, 1.807) is 6.08 Å². The number of ether oxygens (including phenoxy) is 1. The normalized spacial score (nSPS) is 17.8. The van der Waals surface area contributed by atoms with Crippen molar-refractivity contribution in [1.82, 2.24) is 24.8 Å². The minimum atomic E-state index is -0.504. The van der Waals surface area contributed by atoms with Crippen molar-refractivity contribution in [1.29, 1.82) is 0 Å². The summed E-state index contributed by atoms with van der Waals surface area (Å²) in [6.45, 7) is 14.6. The second kappa shape index (κ2) is 14.9. The molecule has 4 aliphatic heterocycles. The zero-order chi connectivity index (χ0) is 37.4. The van der Waals surface area contributed by atoms with Gasteiger partial charge < -0.3 is 14.7 Å². The summed E-state index contributed by atoms with van der Waals surface area (Å²) in [5, 5.41) is 0. The van der Waals surface area contributed by atoms with Crippen molar-refractivity contribution in [2.45, 2.75) is 105 Å². The number of aldehydes is 1. The van der Waals surface area contributed by atoms with Crippen molar-refractivity contribution in [3.63, 3.8) is 0 Å². The molecule has 272 valence electrons. The van der Waals surface area contributed by atoms with Gasteiger partial charge in [-0.1, -0.05) is 47.0 Å². The highest BCUT2D eigenvalue weighted by molar-refractivity contribution is 6.23. The van der Waals surface area contributed by atoms with Gasteiger partial charge in [0.1, 0.15) is 6.29 Å². The third kappa shape index (κ3) is 6.11. The molecule has 6 rings (SSSR count). The molecular formula is C42H49N5O5. The zero-order valence-corrected chi connectivity index (χ0v) is 31.6. The molecule has 10 heteroatoms. The number of esters is 1. The third-order valence-corrected chi connectivity index (χ3v) is 11.2. The Kier molecular flexibility index (Phi) is 10.5. The molecule has 6 heterocycles. The number of hydrogen-bond acceptors (Lipinski definition) is 7. The number of allylic oxidation sites excluding steroid dienone is 5. The summed E-state index contributed by atoms with van der Waals surface area (Å²) in [4.78, 5) is 72.7. The van der Waals surface area contributed by atoms with E-state index in [4.69, 9.17) is 14.7 Å². The maximum atomic E-state index is 14.8. The van der Waals surface area contributed by atoms with Crippen molar-refractivity contribution in [3.8, 4) is 0 Å². The summed E-state index contributed by atoms with van der Waals surface area (Å²) in [5.41, 5.74) is 11.9. The predicted octanol–water partition coefficient (Wildman–Crippen LogP) is 8.87. The molecule has 2 atom stereocenters. The molecule has 0 saturated heterocycles. The van der Waals surface area contributed by atoms with E-state index >= 15 is 0 Å². The Morgan fingerprint density at radius 3 is 2.25 bits per heavy atom. The highest BCUT2D eigenvalue weighted by atomic mass is 16.5. The summed E-state index contributed by atoms with van der Waals surface area (Å²) in [6.07, 6.45) is 9.01. The second-order valence-corrected chi connectivity index (χ2v) is 14.1. The van der Waals surface area contributed by atoms with E-state index in [1.807, 2.05) is 32.9 Å². The standard InChI is InChI=1S/C42H49N5O5/c1-9-12-13-14-17-47-41(50)35-25(7)31-21-32-26(10-2)22(4)30(43-32)20-33-27(11-3)23(5)37(45-33)28(16-15-18-48)38-24(6)29(19-34(49)52-8)39(46-38)36(42(47)51)40(35)44-31/h15-16,18,20-21,24,29,44,46H,9-14,17,19H2,1-8H3/b16-15+,32-21?,33-20?,38-28?,39-36?/t24-,29-/m0/s1. The number of aromatic nitrogens is 4. The van der Waals surface area contributed by atoms with Crippen LogP contribution in [0.15, 0.2) is 18.2 Å². The van der Waals surface area contributed by atoms with Gasteiger partial charge in [-0.3, -0.25) is 24.1 Å². The SMILES string of the molecule is CCCCCCN1C(=O)c2c3[nH]c(c(/C=C/C=O)c4nc(cc5nc(cc6[nH]c2c(c6C)C1=O)C(CC)=C5C)C(CC)=C4C)[C@@H](C)[C@@H]3CC(=O)OC.